The predicted octanol–water partition coefficient (Wildman–Crippen LogP) is 3.92. The Bertz CT molecular complexity index is 782. The average Bonchev–Trinajstić information content (AvgIpc) is 2.64. The summed E-state index contributed by atoms with van der Waals surface area (Å²) in [5, 5.41) is 6.88. The molecule has 0 fully saturated rings. The van der Waals surface area contributed by atoms with Crippen LogP contribution in [0.3, 0.4) is 0 Å². The highest BCUT2D eigenvalue weighted by Gasteiger charge is 2.09. The molecule has 0 unspecified atom stereocenters. The molecular weight excluding hydrogens is 475 g/mol. The summed E-state index contributed by atoms with van der Waals surface area (Å²) in [4.78, 5) is 18.3. The number of guanidine groups is 1. The van der Waals surface area contributed by atoms with Crippen LogP contribution in [0.15, 0.2) is 53.5 Å². The number of amides is 1. The zero-order chi connectivity index (χ0) is 18.9. The minimum atomic E-state index is -0.0606. The number of carbonyl (C=O) groups is 1. The van der Waals surface area contributed by atoms with Gasteiger partial charge in [-0.1, -0.05) is 41.9 Å². The van der Waals surface area contributed by atoms with E-state index in [1.165, 1.54) is 0 Å². The number of halogens is 2. The SMILES string of the molecule is CCNC(=O)c1cccc(CNC(=NC)N(C)Cc2ccccc2Cl)c1.I. The first kappa shape index (κ1) is 23.2. The topological polar surface area (TPSA) is 56.7 Å². The Balaban J connectivity index is 0.00000364. The summed E-state index contributed by atoms with van der Waals surface area (Å²) >= 11 is 6.24. The zero-order valence-corrected chi connectivity index (χ0v) is 18.9. The summed E-state index contributed by atoms with van der Waals surface area (Å²) in [5.41, 5.74) is 2.71. The largest absolute Gasteiger partial charge is 0.352 e. The van der Waals surface area contributed by atoms with Gasteiger partial charge in [0.15, 0.2) is 5.96 Å². The Labute approximate surface area is 183 Å². The van der Waals surface area contributed by atoms with E-state index in [4.69, 9.17) is 11.6 Å². The number of carbonyl (C=O) groups excluding carboxylic acids is 1. The van der Waals surface area contributed by atoms with Crippen LogP contribution in [0, 0.1) is 0 Å². The van der Waals surface area contributed by atoms with Gasteiger partial charge in [-0.3, -0.25) is 9.79 Å². The van der Waals surface area contributed by atoms with Gasteiger partial charge < -0.3 is 15.5 Å². The van der Waals surface area contributed by atoms with E-state index >= 15 is 0 Å². The monoisotopic (exact) mass is 500 g/mol. The van der Waals surface area contributed by atoms with Crippen LogP contribution in [0.2, 0.25) is 5.02 Å². The number of hydrogen-bond acceptors (Lipinski definition) is 2. The number of aliphatic imine (C=N–C) groups is 1. The van der Waals surface area contributed by atoms with Crippen molar-refractivity contribution < 1.29 is 4.79 Å². The van der Waals surface area contributed by atoms with Gasteiger partial charge in [0.1, 0.15) is 0 Å². The van der Waals surface area contributed by atoms with Crippen LogP contribution in [0.4, 0.5) is 0 Å². The molecule has 1 amide bonds. The number of hydrogen-bond donors (Lipinski definition) is 2. The van der Waals surface area contributed by atoms with Gasteiger partial charge in [-0.25, -0.2) is 0 Å². The highest BCUT2D eigenvalue weighted by Crippen LogP contribution is 2.16. The van der Waals surface area contributed by atoms with E-state index in [1.807, 2.05) is 67.4 Å². The number of benzene rings is 2. The van der Waals surface area contributed by atoms with Crippen LogP contribution in [-0.2, 0) is 13.1 Å². The fourth-order valence-corrected chi connectivity index (χ4v) is 2.80. The minimum Gasteiger partial charge on any atom is -0.352 e. The normalized spacial score (nSPS) is 10.7. The Morgan fingerprint density at radius 3 is 2.56 bits per heavy atom. The molecule has 0 saturated heterocycles. The van der Waals surface area contributed by atoms with Crippen LogP contribution in [0.25, 0.3) is 0 Å². The van der Waals surface area contributed by atoms with Gasteiger partial charge in [-0.2, -0.15) is 0 Å². The van der Waals surface area contributed by atoms with Crippen molar-refractivity contribution in [2.75, 3.05) is 20.6 Å². The number of nitrogens with zero attached hydrogens (tertiary/aromatic N) is 2. The van der Waals surface area contributed by atoms with Gasteiger partial charge in [-0.15, -0.1) is 24.0 Å². The second-order valence-corrected chi connectivity index (χ2v) is 6.32. The summed E-state index contributed by atoms with van der Waals surface area (Å²) in [7, 11) is 3.71. The maximum atomic E-state index is 12.0. The molecule has 5 nitrogen and oxygen atoms in total. The molecule has 2 rings (SSSR count). The maximum Gasteiger partial charge on any atom is 0.251 e. The van der Waals surface area contributed by atoms with E-state index in [9.17, 15) is 4.79 Å². The third-order valence-electron chi connectivity index (χ3n) is 3.92. The van der Waals surface area contributed by atoms with Crippen molar-refractivity contribution in [3.8, 4) is 0 Å². The third-order valence-corrected chi connectivity index (χ3v) is 4.28. The van der Waals surface area contributed by atoms with E-state index < -0.39 is 0 Å². The molecule has 0 aromatic heterocycles. The zero-order valence-electron chi connectivity index (χ0n) is 15.8. The quantitative estimate of drug-likeness (QED) is 0.359. The Hall–Kier alpha value is -1.80. The van der Waals surface area contributed by atoms with E-state index in [1.54, 1.807) is 7.05 Å². The Morgan fingerprint density at radius 1 is 1.15 bits per heavy atom. The second kappa shape index (κ2) is 11.8. The number of rotatable bonds is 6. The molecule has 0 aliphatic rings. The van der Waals surface area contributed by atoms with Crippen LogP contribution in [0.5, 0.6) is 0 Å². The molecule has 0 aliphatic carbocycles. The van der Waals surface area contributed by atoms with Crippen LogP contribution in [-0.4, -0.2) is 37.4 Å². The molecule has 7 heteroatoms. The molecule has 2 N–H and O–H groups in total. The standard InChI is InChI=1S/C20H25ClN4O.HI/c1-4-23-19(26)16-10-7-8-15(12-16)13-24-20(22-2)25(3)14-17-9-5-6-11-18(17)21;/h5-12H,4,13-14H2,1-3H3,(H,22,24)(H,23,26);1H. The molecular formula is C20H26ClIN4O. The first-order valence-electron chi connectivity index (χ1n) is 8.57. The molecule has 146 valence electrons. The fraction of sp³-hybridized carbons (Fsp3) is 0.300. The van der Waals surface area contributed by atoms with E-state index in [0.29, 0.717) is 25.2 Å². The van der Waals surface area contributed by atoms with Gasteiger partial charge in [0.2, 0.25) is 0 Å². The molecule has 27 heavy (non-hydrogen) atoms. The Kier molecular flexibility index (Phi) is 10.2. The smallest absolute Gasteiger partial charge is 0.251 e. The van der Waals surface area contributed by atoms with Gasteiger partial charge in [0.25, 0.3) is 5.91 Å². The average molecular weight is 501 g/mol. The van der Waals surface area contributed by atoms with Crippen molar-refractivity contribution in [1.29, 1.82) is 0 Å². The third kappa shape index (κ3) is 7.03. The highest BCUT2D eigenvalue weighted by molar-refractivity contribution is 14.0. The molecule has 0 bridgehead atoms. The molecule has 0 radical (unpaired) electrons. The van der Waals surface area contributed by atoms with Crippen LogP contribution in [0.1, 0.15) is 28.4 Å². The van der Waals surface area contributed by atoms with Crippen molar-refractivity contribution in [2.24, 2.45) is 4.99 Å². The summed E-state index contributed by atoms with van der Waals surface area (Å²) < 4.78 is 0. The highest BCUT2D eigenvalue weighted by atomic mass is 127. The molecule has 0 spiro atoms. The molecule has 0 atom stereocenters. The lowest BCUT2D eigenvalue weighted by Gasteiger charge is -2.22. The van der Waals surface area contributed by atoms with Gasteiger partial charge >= 0.3 is 0 Å². The van der Waals surface area contributed by atoms with Gasteiger partial charge in [0, 0.05) is 44.3 Å². The second-order valence-electron chi connectivity index (χ2n) is 5.91. The van der Waals surface area contributed by atoms with Crippen LogP contribution >= 0.6 is 35.6 Å². The van der Waals surface area contributed by atoms with Crippen molar-refractivity contribution in [2.45, 2.75) is 20.0 Å². The minimum absolute atomic E-state index is 0. The van der Waals surface area contributed by atoms with Crippen molar-refractivity contribution in [3.63, 3.8) is 0 Å². The van der Waals surface area contributed by atoms with E-state index in [2.05, 4.69) is 15.6 Å². The molecule has 0 aliphatic heterocycles. The molecule has 2 aromatic carbocycles. The lowest BCUT2D eigenvalue weighted by molar-refractivity contribution is 0.0955. The Morgan fingerprint density at radius 2 is 1.89 bits per heavy atom. The number of nitrogens with one attached hydrogen (secondary N) is 2. The molecule has 0 saturated carbocycles. The van der Waals surface area contributed by atoms with Gasteiger partial charge in [-0.05, 0) is 36.2 Å². The summed E-state index contributed by atoms with van der Waals surface area (Å²) in [6.07, 6.45) is 0. The lowest BCUT2D eigenvalue weighted by Crippen LogP contribution is -2.38. The summed E-state index contributed by atoms with van der Waals surface area (Å²) in [5.74, 6) is 0.697. The fourth-order valence-electron chi connectivity index (χ4n) is 2.61. The lowest BCUT2D eigenvalue weighted by atomic mass is 10.1. The molecule has 0 heterocycles. The van der Waals surface area contributed by atoms with Crippen molar-refractivity contribution in [1.82, 2.24) is 15.5 Å². The maximum absolute atomic E-state index is 12.0. The first-order chi connectivity index (χ1) is 12.5. The van der Waals surface area contributed by atoms with E-state index in [0.717, 1.165) is 22.1 Å². The summed E-state index contributed by atoms with van der Waals surface area (Å²) in [6.45, 7) is 3.74. The van der Waals surface area contributed by atoms with Crippen LogP contribution < -0.4 is 10.6 Å². The van der Waals surface area contributed by atoms with Crippen molar-refractivity contribution in [3.05, 3.63) is 70.2 Å². The van der Waals surface area contributed by atoms with E-state index in [-0.39, 0.29) is 29.9 Å². The summed E-state index contributed by atoms with van der Waals surface area (Å²) in [6, 6.07) is 15.3. The first-order valence-corrected chi connectivity index (χ1v) is 8.95. The predicted molar refractivity (Wildman–Crippen MR) is 123 cm³/mol. The van der Waals surface area contributed by atoms with Crippen molar-refractivity contribution >= 4 is 47.4 Å². The van der Waals surface area contributed by atoms with Gasteiger partial charge in [0.05, 0.1) is 0 Å². The molecule has 2 aromatic rings.